The van der Waals surface area contributed by atoms with Gasteiger partial charge in [0.2, 0.25) is 11.8 Å². The first-order valence-corrected chi connectivity index (χ1v) is 6.07. The molecular formula is C12H25N3O2. The molecule has 0 aromatic rings. The Morgan fingerprint density at radius 2 is 1.65 bits per heavy atom. The molecule has 2 unspecified atom stereocenters. The Labute approximate surface area is 104 Å². The van der Waals surface area contributed by atoms with Gasteiger partial charge in [-0.25, -0.2) is 0 Å². The number of likely N-dealkylation sites (N-methyl/N-ethyl adjacent to an activating group) is 1. The summed E-state index contributed by atoms with van der Waals surface area (Å²) in [5, 5.41) is 5.25. The van der Waals surface area contributed by atoms with Crippen molar-refractivity contribution in [3.63, 3.8) is 0 Å². The van der Waals surface area contributed by atoms with E-state index in [0.717, 1.165) is 0 Å². The van der Waals surface area contributed by atoms with Crippen LogP contribution in [0.2, 0.25) is 0 Å². The normalized spacial score (nSPS) is 14.6. The summed E-state index contributed by atoms with van der Waals surface area (Å²) in [6, 6.07) is -1.08. The Kier molecular flexibility index (Phi) is 6.80. The maximum Gasteiger partial charge on any atom is 0.242 e. The summed E-state index contributed by atoms with van der Waals surface area (Å²) in [6.45, 7) is 7.76. The van der Waals surface area contributed by atoms with Crippen LogP contribution in [0.25, 0.3) is 0 Å². The number of hydrogen-bond acceptors (Lipinski definition) is 3. The Morgan fingerprint density at radius 1 is 1.12 bits per heavy atom. The molecule has 100 valence electrons. The summed E-state index contributed by atoms with van der Waals surface area (Å²) in [4.78, 5) is 23.4. The van der Waals surface area contributed by atoms with Crippen LogP contribution in [-0.2, 0) is 9.59 Å². The summed E-state index contributed by atoms with van der Waals surface area (Å²) in [5.74, 6) is -0.0653. The number of nitrogens with one attached hydrogen (secondary N) is 2. The van der Waals surface area contributed by atoms with Crippen molar-refractivity contribution in [1.29, 1.82) is 0 Å². The molecule has 2 amide bonds. The van der Waals surface area contributed by atoms with Crippen LogP contribution in [0.15, 0.2) is 0 Å². The first kappa shape index (κ1) is 15.9. The van der Waals surface area contributed by atoms with Crippen LogP contribution < -0.4 is 16.4 Å². The highest BCUT2D eigenvalue weighted by Gasteiger charge is 2.24. The van der Waals surface area contributed by atoms with E-state index in [1.807, 2.05) is 27.7 Å². The van der Waals surface area contributed by atoms with Crippen molar-refractivity contribution in [2.45, 2.75) is 46.2 Å². The van der Waals surface area contributed by atoms with Gasteiger partial charge < -0.3 is 16.4 Å². The molecule has 0 heterocycles. The van der Waals surface area contributed by atoms with Crippen LogP contribution in [0.1, 0.15) is 34.1 Å². The second kappa shape index (κ2) is 7.27. The number of nitrogens with two attached hydrogens (primary N) is 1. The van der Waals surface area contributed by atoms with Gasteiger partial charge in [0.1, 0.15) is 6.04 Å². The van der Waals surface area contributed by atoms with Crippen LogP contribution in [-0.4, -0.2) is 30.9 Å². The molecule has 0 saturated heterocycles. The van der Waals surface area contributed by atoms with Crippen molar-refractivity contribution in [1.82, 2.24) is 10.6 Å². The first-order chi connectivity index (χ1) is 7.79. The first-order valence-electron chi connectivity index (χ1n) is 6.07. The van der Waals surface area contributed by atoms with E-state index in [1.54, 1.807) is 7.05 Å². The molecule has 0 aliphatic rings. The van der Waals surface area contributed by atoms with Crippen LogP contribution >= 0.6 is 0 Å². The average molecular weight is 243 g/mol. The molecule has 0 radical (unpaired) electrons. The molecular weight excluding hydrogens is 218 g/mol. The monoisotopic (exact) mass is 243 g/mol. The van der Waals surface area contributed by atoms with E-state index < -0.39 is 12.1 Å². The molecule has 0 bridgehead atoms. The Bertz CT molecular complexity index is 264. The van der Waals surface area contributed by atoms with Gasteiger partial charge in [-0.05, 0) is 18.3 Å². The summed E-state index contributed by atoms with van der Waals surface area (Å²) in [6.07, 6.45) is 0.607. The quantitative estimate of drug-likeness (QED) is 0.625. The number of carbonyl (C=O) groups excluding carboxylic acids is 2. The molecule has 5 heteroatoms. The standard InChI is InChI=1S/C12H25N3O2/c1-7(2)6-9(11(16)14-5)15-12(17)10(13)8(3)4/h7-10H,6,13H2,1-5H3,(H,14,16)(H,15,17). The van der Waals surface area contributed by atoms with E-state index >= 15 is 0 Å². The smallest absolute Gasteiger partial charge is 0.242 e. The van der Waals surface area contributed by atoms with Crippen molar-refractivity contribution in [2.75, 3.05) is 7.05 Å². The van der Waals surface area contributed by atoms with Gasteiger partial charge in [0.25, 0.3) is 0 Å². The zero-order valence-corrected chi connectivity index (χ0v) is 11.4. The minimum absolute atomic E-state index is 0.0550. The predicted molar refractivity (Wildman–Crippen MR) is 68.3 cm³/mol. The molecule has 0 spiro atoms. The third kappa shape index (κ3) is 5.68. The van der Waals surface area contributed by atoms with Crippen molar-refractivity contribution in [3.05, 3.63) is 0 Å². The van der Waals surface area contributed by atoms with Gasteiger partial charge in [0, 0.05) is 7.05 Å². The summed E-state index contributed by atoms with van der Waals surface area (Å²) >= 11 is 0. The van der Waals surface area contributed by atoms with E-state index in [-0.39, 0.29) is 17.7 Å². The van der Waals surface area contributed by atoms with E-state index in [0.29, 0.717) is 12.3 Å². The maximum absolute atomic E-state index is 11.8. The number of carbonyl (C=O) groups is 2. The minimum Gasteiger partial charge on any atom is -0.357 e. The van der Waals surface area contributed by atoms with Gasteiger partial charge in [0.15, 0.2) is 0 Å². The summed E-state index contributed by atoms with van der Waals surface area (Å²) in [5.41, 5.74) is 5.74. The molecule has 0 aliphatic carbocycles. The van der Waals surface area contributed by atoms with Crippen LogP contribution in [0.5, 0.6) is 0 Å². The summed E-state index contributed by atoms with van der Waals surface area (Å²) in [7, 11) is 1.56. The maximum atomic E-state index is 11.8. The van der Waals surface area contributed by atoms with Gasteiger partial charge in [-0.15, -0.1) is 0 Å². The van der Waals surface area contributed by atoms with Crippen molar-refractivity contribution in [2.24, 2.45) is 17.6 Å². The number of rotatable bonds is 6. The highest BCUT2D eigenvalue weighted by molar-refractivity contribution is 5.89. The highest BCUT2D eigenvalue weighted by Crippen LogP contribution is 2.06. The fraction of sp³-hybridized carbons (Fsp3) is 0.833. The Balaban J connectivity index is 4.53. The average Bonchev–Trinajstić information content (AvgIpc) is 2.24. The highest BCUT2D eigenvalue weighted by atomic mass is 16.2. The molecule has 17 heavy (non-hydrogen) atoms. The zero-order valence-electron chi connectivity index (χ0n) is 11.4. The lowest BCUT2D eigenvalue weighted by molar-refractivity contribution is -0.130. The molecule has 4 N–H and O–H groups in total. The second-order valence-electron chi connectivity index (χ2n) is 5.07. The SMILES string of the molecule is CNC(=O)C(CC(C)C)NC(=O)C(N)C(C)C. The topological polar surface area (TPSA) is 84.2 Å². The van der Waals surface area contributed by atoms with E-state index in [9.17, 15) is 9.59 Å². The molecule has 0 aromatic carbocycles. The van der Waals surface area contributed by atoms with Crippen LogP contribution in [0.4, 0.5) is 0 Å². The minimum atomic E-state index is -0.575. The summed E-state index contributed by atoms with van der Waals surface area (Å²) < 4.78 is 0. The molecule has 0 saturated carbocycles. The van der Waals surface area contributed by atoms with Gasteiger partial charge in [-0.1, -0.05) is 27.7 Å². The van der Waals surface area contributed by atoms with E-state index in [1.165, 1.54) is 0 Å². The van der Waals surface area contributed by atoms with E-state index in [4.69, 9.17) is 5.73 Å². The molecule has 0 aromatic heterocycles. The van der Waals surface area contributed by atoms with Gasteiger partial charge >= 0.3 is 0 Å². The molecule has 0 aliphatic heterocycles. The zero-order chi connectivity index (χ0) is 13.6. The molecule has 5 nitrogen and oxygen atoms in total. The lowest BCUT2D eigenvalue weighted by Gasteiger charge is -2.22. The van der Waals surface area contributed by atoms with Gasteiger partial charge in [-0.3, -0.25) is 9.59 Å². The number of hydrogen-bond donors (Lipinski definition) is 3. The van der Waals surface area contributed by atoms with Crippen molar-refractivity contribution < 1.29 is 9.59 Å². The number of amides is 2. The van der Waals surface area contributed by atoms with Crippen molar-refractivity contribution >= 4 is 11.8 Å². The molecule has 0 fully saturated rings. The second-order valence-corrected chi connectivity index (χ2v) is 5.07. The third-order valence-electron chi connectivity index (χ3n) is 2.61. The van der Waals surface area contributed by atoms with Crippen molar-refractivity contribution in [3.8, 4) is 0 Å². The van der Waals surface area contributed by atoms with E-state index in [2.05, 4.69) is 10.6 Å². The van der Waals surface area contributed by atoms with Gasteiger partial charge in [-0.2, -0.15) is 0 Å². The van der Waals surface area contributed by atoms with Gasteiger partial charge in [0.05, 0.1) is 6.04 Å². The van der Waals surface area contributed by atoms with Crippen LogP contribution in [0, 0.1) is 11.8 Å². The van der Waals surface area contributed by atoms with Crippen LogP contribution in [0.3, 0.4) is 0 Å². The molecule has 0 rings (SSSR count). The third-order valence-corrected chi connectivity index (χ3v) is 2.61. The predicted octanol–water partition coefficient (Wildman–Crippen LogP) is 0.247. The fourth-order valence-corrected chi connectivity index (χ4v) is 1.45. The molecule has 2 atom stereocenters. The fourth-order valence-electron chi connectivity index (χ4n) is 1.45. The Morgan fingerprint density at radius 3 is 2.00 bits per heavy atom. The largest absolute Gasteiger partial charge is 0.357 e. The lowest BCUT2D eigenvalue weighted by Crippen LogP contribution is -2.52. The Hall–Kier alpha value is -1.10. The lowest BCUT2D eigenvalue weighted by atomic mass is 10.0.